The van der Waals surface area contributed by atoms with Crippen molar-refractivity contribution in [2.24, 2.45) is 0 Å². The van der Waals surface area contributed by atoms with Crippen LogP contribution < -0.4 is 4.74 Å². The Bertz CT molecular complexity index is 309. The molecule has 72 valence electrons. The van der Waals surface area contributed by atoms with E-state index in [1.807, 2.05) is 0 Å². The van der Waals surface area contributed by atoms with Crippen LogP contribution in [0.2, 0.25) is 0 Å². The molecule has 0 saturated heterocycles. The van der Waals surface area contributed by atoms with Crippen LogP contribution in [0.5, 0.6) is 5.75 Å². The zero-order valence-corrected chi connectivity index (χ0v) is 7.62. The summed E-state index contributed by atoms with van der Waals surface area (Å²) < 4.78 is 41.4. The fourth-order valence-corrected chi connectivity index (χ4v) is 1.11. The first-order valence-electron chi connectivity index (χ1n) is 3.39. The second-order valence-electron chi connectivity index (χ2n) is 2.38. The number of ether oxygens (including phenoxy) is 1. The van der Waals surface area contributed by atoms with Crippen LogP contribution >= 0.6 is 12.6 Å². The molecule has 1 nitrogen and oxygen atoms in total. The monoisotopic (exact) mass is 208 g/mol. The molecule has 0 N–H and O–H groups in total. The normalized spacial score (nSPS) is 11.5. The highest BCUT2D eigenvalue weighted by Crippen LogP contribution is 2.36. The van der Waals surface area contributed by atoms with Gasteiger partial charge in [0.05, 0.1) is 12.7 Å². The Labute approximate surface area is 78.9 Å². The molecule has 0 amide bonds. The van der Waals surface area contributed by atoms with Gasteiger partial charge in [0.25, 0.3) is 0 Å². The minimum Gasteiger partial charge on any atom is -0.496 e. The lowest BCUT2D eigenvalue weighted by Crippen LogP contribution is -2.07. The van der Waals surface area contributed by atoms with E-state index in [2.05, 4.69) is 17.4 Å². The van der Waals surface area contributed by atoms with Gasteiger partial charge in [-0.25, -0.2) is 0 Å². The van der Waals surface area contributed by atoms with Gasteiger partial charge in [-0.3, -0.25) is 0 Å². The molecule has 0 aliphatic carbocycles. The molecule has 0 aliphatic rings. The van der Waals surface area contributed by atoms with Gasteiger partial charge in [-0.1, -0.05) is 0 Å². The molecule has 0 unspecified atom stereocenters. The van der Waals surface area contributed by atoms with Crippen molar-refractivity contribution in [3.8, 4) is 5.75 Å². The smallest absolute Gasteiger partial charge is 0.419 e. The van der Waals surface area contributed by atoms with Crippen LogP contribution in [0.3, 0.4) is 0 Å². The zero-order valence-electron chi connectivity index (χ0n) is 6.72. The molecule has 13 heavy (non-hydrogen) atoms. The second kappa shape index (κ2) is 3.49. The number of hydrogen-bond donors (Lipinski definition) is 1. The summed E-state index contributed by atoms with van der Waals surface area (Å²) >= 11 is 3.90. The molecule has 1 rings (SSSR count). The number of rotatable bonds is 1. The highest BCUT2D eigenvalue weighted by atomic mass is 32.1. The van der Waals surface area contributed by atoms with Gasteiger partial charge in [0.2, 0.25) is 0 Å². The number of methoxy groups -OCH3 is 1. The van der Waals surface area contributed by atoms with Crippen LogP contribution in [0.4, 0.5) is 13.2 Å². The van der Waals surface area contributed by atoms with Crippen LogP contribution in [0.15, 0.2) is 23.1 Å². The summed E-state index contributed by atoms with van der Waals surface area (Å²) in [6.45, 7) is 0. The highest BCUT2D eigenvalue weighted by molar-refractivity contribution is 7.80. The molecule has 0 saturated carbocycles. The zero-order chi connectivity index (χ0) is 10.1. The molecule has 1 aromatic carbocycles. The van der Waals surface area contributed by atoms with Crippen molar-refractivity contribution in [3.63, 3.8) is 0 Å². The molecule has 0 heterocycles. The minimum absolute atomic E-state index is 0.208. The molecular weight excluding hydrogens is 201 g/mol. The van der Waals surface area contributed by atoms with Gasteiger partial charge in [-0.15, -0.1) is 12.6 Å². The van der Waals surface area contributed by atoms with Gasteiger partial charge >= 0.3 is 6.18 Å². The Balaban J connectivity index is 3.22. The van der Waals surface area contributed by atoms with Crippen molar-refractivity contribution in [1.82, 2.24) is 0 Å². The van der Waals surface area contributed by atoms with E-state index < -0.39 is 11.7 Å². The molecular formula is C8H7F3OS. The molecule has 0 fully saturated rings. The van der Waals surface area contributed by atoms with E-state index >= 15 is 0 Å². The number of thiol groups is 1. The fraction of sp³-hybridized carbons (Fsp3) is 0.250. The number of halogens is 3. The molecule has 0 bridgehead atoms. The van der Waals surface area contributed by atoms with E-state index in [9.17, 15) is 13.2 Å². The van der Waals surface area contributed by atoms with E-state index in [1.165, 1.54) is 19.2 Å². The third kappa shape index (κ3) is 2.30. The quantitative estimate of drug-likeness (QED) is 0.698. The van der Waals surface area contributed by atoms with Crippen LogP contribution in [-0.2, 0) is 6.18 Å². The number of alkyl halides is 3. The first-order valence-corrected chi connectivity index (χ1v) is 3.84. The molecule has 0 spiro atoms. The minimum atomic E-state index is -4.38. The molecule has 1 aromatic rings. The standard InChI is InChI=1S/C8H7F3OS/c1-12-7-4-5(13)2-3-6(7)8(9,10)11/h2-4,13H,1H3. The fourth-order valence-electron chi connectivity index (χ4n) is 0.914. The Morgan fingerprint density at radius 1 is 1.31 bits per heavy atom. The van der Waals surface area contributed by atoms with Crippen LogP contribution in [-0.4, -0.2) is 7.11 Å². The lowest BCUT2D eigenvalue weighted by Gasteiger charge is -2.11. The van der Waals surface area contributed by atoms with Gasteiger partial charge < -0.3 is 4.74 Å². The highest BCUT2D eigenvalue weighted by Gasteiger charge is 2.33. The van der Waals surface area contributed by atoms with Crippen molar-refractivity contribution >= 4 is 12.6 Å². The van der Waals surface area contributed by atoms with Gasteiger partial charge in [-0.2, -0.15) is 13.2 Å². The number of hydrogen-bond acceptors (Lipinski definition) is 2. The van der Waals surface area contributed by atoms with Crippen LogP contribution in [0.25, 0.3) is 0 Å². The first kappa shape index (κ1) is 10.2. The summed E-state index contributed by atoms with van der Waals surface area (Å²) in [4.78, 5) is 0.435. The maximum Gasteiger partial charge on any atom is 0.419 e. The third-order valence-corrected chi connectivity index (χ3v) is 1.77. The predicted octanol–water partition coefficient (Wildman–Crippen LogP) is 3.00. The van der Waals surface area contributed by atoms with E-state index in [0.717, 1.165) is 6.07 Å². The average Bonchev–Trinajstić information content (AvgIpc) is 2.01. The van der Waals surface area contributed by atoms with Crippen molar-refractivity contribution < 1.29 is 17.9 Å². The summed E-state index contributed by atoms with van der Waals surface area (Å²) in [5.41, 5.74) is -0.784. The summed E-state index contributed by atoms with van der Waals surface area (Å²) in [6.07, 6.45) is -4.38. The lowest BCUT2D eigenvalue weighted by atomic mass is 10.2. The summed E-state index contributed by atoms with van der Waals surface area (Å²) in [5.74, 6) is -0.208. The van der Waals surface area contributed by atoms with Gasteiger partial charge in [0, 0.05) is 4.90 Å². The van der Waals surface area contributed by atoms with Gasteiger partial charge in [-0.05, 0) is 18.2 Å². The molecule has 0 atom stereocenters. The van der Waals surface area contributed by atoms with Crippen molar-refractivity contribution in [1.29, 1.82) is 0 Å². The molecule has 0 aromatic heterocycles. The average molecular weight is 208 g/mol. The molecule has 0 aliphatic heterocycles. The summed E-state index contributed by atoms with van der Waals surface area (Å²) in [5, 5.41) is 0. The Kier molecular flexibility index (Phi) is 2.75. The van der Waals surface area contributed by atoms with E-state index in [0.29, 0.717) is 4.90 Å². The summed E-state index contributed by atoms with van der Waals surface area (Å²) in [6, 6.07) is 3.45. The van der Waals surface area contributed by atoms with Crippen LogP contribution in [0.1, 0.15) is 5.56 Å². The van der Waals surface area contributed by atoms with Crippen LogP contribution in [0, 0.1) is 0 Å². The Hall–Kier alpha value is -0.840. The largest absolute Gasteiger partial charge is 0.496 e. The Morgan fingerprint density at radius 3 is 2.38 bits per heavy atom. The van der Waals surface area contributed by atoms with Gasteiger partial charge in [0.1, 0.15) is 5.75 Å². The van der Waals surface area contributed by atoms with Gasteiger partial charge in [0.15, 0.2) is 0 Å². The van der Waals surface area contributed by atoms with Crippen molar-refractivity contribution in [3.05, 3.63) is 23.8 Å². The third-order valence-electron chi connectivity index (χ3n) is 1.49. The molecule has 5 heteroatoms. The van der Waals surface area contributed by atoms with Crippen molar-refractivity contribution in [2.75, 3.05) is 7.11 Å². The lowest BCUT2D eigenvalue weighted by molar-refractivity contribution is -0.138. The van der Waals surface area contributed by atoms with E-state index in [1.54, 1.807) is 0 Å². The topological polar surface area (TPSA) is 9.23 Å². The first-order chi connectivity index (χ1) is 5.95. The SMILES string of the molecule is COc1cc(S)ccc1C(F)(F)F. The van der Waals surface area contributed by atoms with Crippen molar-refractivity contribution in [2.45, 2.75) is 11.1 Å². The second-order valence-corrected chi connectivity index (χ2v) is 2.90. The predicted molar refractivity (Wildman–Crippen MR) is 45.2 cm³/mol. The summed E-state index contributed by atoms with van der Waals surface area (Å²) in [7, 11) is 1.19. The number of benzene rings is 1. The maximum atomic E-state index is 12.3. The van der Waals surface area contributed by atoms with E-state index in [-0.39, 0.29) is 5.75 Å². The maximum absolute atomic E-state index is 12.3. The van der Waals surface area contributed by atoms with E-state index in [4.69, 9.17) is 0 Å². The molecule has 0 radical (unpaired) electrons. The Morgan fingerprint density at radius 2 is 1.92 bits per heavy atom.